The number of sulfonamides is 1. The van der Waals surface area contributed by atoms with Crippen LogP contribution in [0.5, 0.6) is 5.75 Å². The van der Waals surface area contributed by atoms with Gasteiger partial charge >= 0.3 is 0 Å². The molecule has 0 aliphatic heterocycles. The summed E-state index contributed by atoms with van der Waals surface area (Å²) in [5.74, 6) is -0.239. The zero-order chi connectivity index (χ0) is 13.9. The highest BCUT2D eigenvalue weighted by molar-refractivity contribution is 7.93. The van der Waals surface area contributed by atoms with Gasteiger partial charge in [0, 0.05) is 6.54 Å². The van der Waals surface area contributed by atoms with E-state index in [4.69, 9.17) is 0 Å². The lowest BCUT2D eigenvalue weighted by Crippen LogP contribution is -2.30. The van der Waals surface area contributed by atoms with Crippen LogP contribution >= 0.6 is 0 Å². The molecule has 0 saturated heterocycles. The molecule has 0 unspecified atom stereocenters. The monoisotopic (exact) mass is 277 g/mol. The van der Waals surface area contributed by atoms with Crippen molar-refractivity contribution >= 4 is 15.7 Å². The predicted octanol–water partition coefficient (Wildman–Crippen LogP) is 2.61. The minimum atomic E-state index is -3.75. The number of hydrogen-bond acceptors (Lipinski definition) is 3. The molecule has 2 aromatic carbocycles. The highest BCUT2D eigenvalue weighted by atomic mass is 32.2. The molecular weight excluding hydrogens is 262 g/mol. The van der Waals surface area contributed by atoms with Gasteiger partial charge in [0.05, 0.1) is 5.69 Å². The summed E-state index contributed by atoms with van der Waals surface area (Å²) >= 11 is 0. The topological polar surface area (TPSA) is 57.6 Å². The molecule has 4 nitrogen and oxygen atoms in total. The summed E-state index contributed by atoms with van der Waals surface area (Å²) in [4.78, 5) is -0.0827. The van der Waals surface area contributed by atoms with E-state index < -0.39 is 10.0 Å². The van der Waals surface area contributed by atoms with Gasteiger partial charge in [-0.15, -0.1) is 0 Å². The maximum absolute atomic E-state index is 12.6. The molecule has 0 aliphatic rings. The van der Waals surface area contributed by atoms with E-state index in [2.05, 4.69) is 0 Å². The summed E-state index contributed by atoms with van der Waals surface area (Å²) in [6, 6.07) is 14.8. The molecule has 1 N–H and O–H groups in total. The molecule has 0 heterocycles. The van der Waals surface area contributed by atoms with Gasteiger partial charge in [-0.25, -0.2) is 8.42 Å². The number of nitrogens with zero attached hydrogens (tertiary/aromatic N) is 1. The van der Waals surface area contributed by atoms with Crippen molar-refractivity contribution in [3.8, 4) is 5.75 Å². The summed E-state index contributed by atoms with van der Waals surface area (Å²) in [6.07, 6.45) is 0. The van der Waals surface area contributed by atoms with E-state index in [0.29, 0.717) is 12.2 Å². The smallest absolute Gasteiger partial charge is 0.267 e. The molecule has 0 bridgehead atoms. The lowest BCUT2D eigenvalue weighted by atomic mass is 10.3. The summed E-state index contributed by atoms with van der Waals surface area (Å²) in [5.41, 5.74) is 0.577. The molecule has 0 amide bonds. The van der Waals surface area contributed by atoms with Gasteiger partial charge in [0.2, 0.25) is 0 Å². The molecule has 0 spiro atoms. The fourth-order valence-corrected chi connectivity index (χ4v) is 3.44. The average Bonchev–Trinajstić information content (AvgIpc) is 2.40. The van der Waals surface area contributed by atoms with Crippen LogP contribution in [0.15, 0.2) is 59.5 Å². The van der Waals surface area contributed by atoms with Gasteiger partial charge in [-0.3, -0.25) is 4.31 Å². The van der Waals surface area contributed by atoms with Gasteiger partial charge in [0.15, 0.2) is 0 Å². The minimum Gasteiger partial charge on any atom is -0.507 e. The third kappa shape index (κ3) is 2.56. The van der Waals surface area contributed by atoms with Crippen LogP contribution in [0.2, 0.25) is 0 Å². The van der Waals surface area contributed by atoms with Crippen molar-refractivity contribution in [1.82, 2.24) is 0 Å². The van der Waals surface area contributed by atoms with Gasteiger partial charge in [-0.2, -0.15) is 0 Å². The van der Waals surface area contributed by atoms with Crippen molar-refractivity contribution in [3.63, 3.8) is 0 Å². The molecule has 5 heteroatoms. The molecule has 19 heavy (non-hydrogen) atoms. The van der Waals surface area contributed by atoms with E-state index in [9.17, 15) is 13.5 Å². The number of phenols is 1. The normalized spacial score (nSPS) is 11.2. The quantitative estimate of drug-likeness (QED) is 0.934. The number of para-hydroxylation sites is 2. The van der Waals surface area contributed by atoms with Crippen LogP contribution in [0.4, 0.5) is 5.69 Å². The predicted molar refractivity (Wildman–Crippen MR) is 74.8 cm³/mol. The molecule has 0 fully saturated rings. The zero-order valence-electron chi connectivity index (χ0n) is 10.5. The van der Waals surface area contributed by atoms with Crippen molar-refractivity contribution in [2.45, 2.75) is 11.8 Å². The Kier molecular flexibility index (Phi) is 3.76. The fourth-order valence-electron chi connectivity index (χ4n) is 1.88. The standard InChI is InChI=1S/C14H15NO3S/c1-2-15(12-8-4-3-5-9-12)19(17,18)14-11-7-6-10-13(14)16/h3-11,16H,2H2,1H3. The highest BCUT2D eigenvalue weighted by Gasteiger charge is 2.25. The van der Waals surface area contributed by atoms with Gasteiger partial charge in [-0.05, 0) is 31.2 Å². The summed E-state index contributed by atoms with van der Waals surface area (Å²) in [6.45, 7) is 2.05. The number of benzene rings is 2. The molecule has 0 aromatic heterocycles. The number of hydrogen-bond donors (Lipinski definition) is 1. The second kappa shape index (κ2) is 5.32. The Balaban J connectivity index is 2.52. The minimum absolute atomic E-state index is 0.0827. The Labute approximate surface area is 113 Å². The molecular formula is C14H15NO3S. The van der Waals surface area contributed by atoms with Crippen LogP contribution in [0.1, 0.15) is 6.92 Å². The zero-order valence-corrected chi connectivity index (χ0v) is 11.3. The van der Waals surface area contributed by atoms with Crippen LogP contribution in [-0.4, -0.2) is 20.1 Å². The van der Waals surface area contributed by atoms with Gasteiger partial charge in [-0.1, -0.05) is 30.3 Å². The SMILES string of the molecule is CCN(c1ccccc1)S(=O)(=O)c1ccccc1O. The van der Waals surface area contributed by atoms with E-state index >= 15 is 0 Å². The van der Waals surface area contributed by atoms with Gasteiger partial charge in [0.25, 0.3) is 10.0 Å². The highest BCUT2D eigenvalue weighted by Crippen LogP contribution is 2.28. The number of anilines is 1. The summed E-state index contributed by atoms with van der Waals surface area (Å²) in [5, 5.41) is 9.73. The lowest BCUT2D eigenvalue weighted by molar-refractivity contribution is 0.458. The molecule has 0 atom stereocenters. The maximum Gasteiger partial charge on any atom is 0.267 e. The Morgan fingerprint density at radius 1 is 1.00 bits per heavy atom. The van der Waals surface area contributed by atoms with Crippen LogP contribution in [0.3, 0.4) is 0 Å². The molecule has 2 rings (SSSR count). The lowest BCUT2D eigenvalue weighted by Gasteiger charge is -2.23. The van der Waals surface area contributed by atoms with E-state index in [1.807, 2.05) is 6.07 Å². The van der Waals surface area contributed by atoms with E-state index in [-0.39, 0.29) is 10.6 Å². The van der Waals surface area contributed by atoms with Crippen LogP contribution in [0, 0.1) is 0 Å². The van der Waals surface area contributed by atoms with E-state index in [1.165, 1.54) is 16.4 Å². The largest absolute Gasteiger partial charge is 0.507 e. The van der Waals surface area contributed by atoms with Gasteiger partial charge < -0.3 is 5.11 Å². The van der Waals surface area contributed by atoms with Crippen LogP contribution in [0.25, 0.3) is 0 Å². The molecule has 2 aromatic rings. The first-order chi connectivity index (χ1) is 9.07. The Morgan fingerprint density at radius 2 is 1.58 bits per heavy atom. The Hall–Kier alpha value is -2.01. The van der Waals surface area contributed by atoms with Gasteiger partial charge in [0.1, 0.15) is 10.6 Å². The molecule has 0 aliphatic carbocycles. The second-order valence-electron chi connectivity index (χ2n) is 3.97. The fraction of sp³-hybridized carbons (Fsp3) is 0.143. The second-order valence-corrected chi connectivity index (χ2v) is 5.80. The molecule has 100 valence electrons. The summed E-state index contributed by atoms with van der Waals surface area (Å²) in [7, 11) is -3.75. The first-order valence-corrected chi connectivity index (χ1v) is 7.37. The number of aromatic hydroxyl groups is 1. The van der Waals surface area contributed by atoms with Crippen LogP contribution in [-0.2, 0) is 10.0 Å². The first-order valence-electron chi connectivity index (χ1n) is 5.93. The Bertz CT molecular complexity index is 653. The van der Waals surface area contributed by atoms with Crippen LogP contribution < -0.4 is 4.31 Å². The maximum atomic E-state index is 12.6. The van der Waals surface area contributed by atoms with Crippen molar-refractivity contribution < 1.29 is 13.5 Å². The third-order valence-electron chi connectivity index (χ3n) is 2.76. The average molecular weight is 277 g/mol. The molecule has 0 saturated carbocycles. The number of phenolic OH excluding ortho intramolecular Hbond substituents is 1. The summed E-state index contributed by atoms with van der Waals surface area (Å²) < 4.78 is 26.4. The number of rotatable bonds is 4. The van der Waals surface area contributed by atoms with E-state index in [0.717, 1.165) is 0 Å². The van der Waals surface area contributed by atoms with Crippen molar-refractivity contribution in [2.24, 2.45) is 0 Å². The van der Waals surface area contributed by atoms with Crippen molar-refractivity contribution in [2.75, 3.05) is 10.8 Å². The van der Waals surface area contributed by atoms with Crippen molar-refractivity contribution in [3.05, 3.63) is 54.6 Å². The van der Waals surface area contributed by atoms with Crippen molar-refractivity contribution in [1.29, 1.82) is 0 Å². The Morgan fingerprint density at radius 3 is 2.16 bits per heavy atom. The molecule has 0 radical (unpaired) electrons. The third-order valence-corrected chi connectivity index (χ3v) is 4.72. The first kappa shape index (κ1) is 13.4. The van der Waals surface area contributed by atoms with E-state index in [1.54, 1.807) is 43.3 Å².